The third-order valence-electron chi connectivity index (χ3n) is 15.1. The molecule has 0 aliphatic heterocycles. The van der Waals surface area contributed by atoms with Gasteiger partial charge in [0.15, 0.2) is 0 Å². The molecule has 13 rings (SSSR count). The van der Waals surface area contributed by atoms with Gasteiger partial charge in [0.05, 0.1) is 16.6 Å². The maximum absolute atomic E-state index is 2.56. The molecule has 0 N–H and O–H groups in total. The lowest BCUT2D eigenvalue weighted by Crippen LogP contribution is -2.34. The van der Waals surface area contributed by atoms with Gasteiger partial charge >= 0.3 is 0 Å². The molecule has 0 bridgehead atoms. The molecule has 0 radical (unpaired) electrons. The molecule has 0 saturated heterocycles. The first-order valence-electron chi connectivity index (χ1n) is 22.9. The van der Waals surface area contributed by atoms with E-state index in [1.807, 2.05) is 0 Å². The Labute approximate surface area is 357 Å². The predicted octanol–water partition coefficient (Wildman–Crippen LogP) is 14.4. The molecule has 0 spiro atoms. The number of benzene rings is 5. The molecule has 2 atom stereocenters. The zero-order valence-corrected chi connectivity index (χ0v) is 34.8. The normalized spacial score (nSPS) is 21.0. The van der Waals surface area contributed by atoms with Gasteiger partial charge in [0.25, 0.3) is 0 Å². The summed E-state index contributed by atoms with van der Waals surface area (Å²) in [6, 6.07) is 36.7. The predicted molar refractivity (Wildman–Crippen MR) is 261 cm³/mol. The minimum absolute atomic E-state index is 0.536. The van der Waals surface area contributed by atoms with E-state index in [-0.39, 0.29) is 0 Å². The Balaban J connectivity index is 0.878. The highest BCUT2D eigenvalue weighted by Crippen LogP contribution is 2.45. The first-order chi connectivity index (χ1) is 30.2. The largest absolute Gasteiger partial charge is 0.309 e. The van der Waals surface area contributed by atoms with Crippen LogP contribution in [0.5, 0.6) is 0 Å². The Morgan fingerprint density at radius 2 is 1.11 bits per heavy atom. The second-order valence-electron chi connectivity index (χ2n) is 18.4. The Hall–Kier alpha value is -6.44. The van der Waals surface area contributed by atoms with Gasteiger partial charge in [0, 0.05) is 16.2 Å². The van der Waals surface area contributed by atoms with Crippen LogP contribution in [-0.4, -0.2) is 4.40 Å². The molecule has 7 aromatic rings. The summed E-state index contributed by atoms with van der Waals surface area (Å²) in [5.41, 5.74) is 18.7. The molecule has 5 aromatic carbocycles. The number of rotatable bonds is 4. The van der Waals surface area contributed by atoms with Gasteiger partial charge in [-0.1, -0.05) is 140 Å². The van der Waals surface area contributed by atoms with Crippen LogP contribution in [0, 0.1) is 11.8 Å². The number of hydrogen-bond donors (Lipinski definition) is 0. The lowest BCUT2D eigenvalue weighted by atomic mass is 9.74. The zero-order chi connectivity index (χ0) is 40.0. The van der Waals surface area contributed by atoms with Gasteiger partial charge in [0.1, 0.15) is 0 Å². The lowest BCUT2D eigenvalue weighted by Gasteiger charge is -2.30. The van der Waals surface area contributed by atoms with Crippen LogP contribution in [0.3, 0.4) is 0 Å². The van der Waals surface area contributed by atoms with E-state index in [0.29, 0.717) is 5.92 Å². The molecule has 0 fully saturated rings. The Bertz CT molecular complexity index is 3470. The number of hydrogen-bond acceptors (Lipinski definition) is 0. The van der Waals surface area contributed by atoms with Crippen LogP contribution < -0.4 is 10.4 Å². The molecule has 6 aliphatic carbocycles. The summed E-state index contributed by atoms with van der Waals surface area (Å²) in [5.74, 6) is 1.26. The van der Waals surface area contributed by atoms with Crippen LogP contribution in [0.1, 0.15) is 80.9 Å². The SMILES string of the molecule is C1=CCC2CCC(C3=CC=C(c4c5c(c(C6=CC=C7C=C(c8ccc9c(c8)c8ccccc8n8c%10ccccc%10cc98)CCC7C6)c6ccccc46)=CCCC=5)CC3)=CC2=C1. The molecule has 294 valence electrons. The van der Waals surface area contributed by atoms with Gasteiger partial charge < -0.3 is 4.40 Å². The van der Waals surface area contributed by atoms with Crippen molar-refractivity contribution in [1.82, 2.24) is 4.40 Å². The minimum Gasteiger partial charge on any atom is -0.309 e. The fourth-order valence-electron chi connectivity index (χ4n) is 12.1. The van der Waals surface area contributed by atoms with Crippen molar-refractivity contribution in [3.63, 3.8) is 0 Å². The molecular weight excluding hydrogens is 735 g/mol. The number of fused-ring (bicyclic) bond motifs is 12. The summed E-state index contributed by atoms with van der Waals surface area (Å²) in [6.45, 7) is 0. The van der Waals surface area contributed by atoms with Crippen LogP contribution in [0.15, 0.2) is 174 Å². The molecule has 0 amide bonds. The smallest absolute Gasteiger partial charge is 0.0547 e. The molecule has 1 heteroatoms. The molecule has 2 unspecified atom stereocenters. The van der Waals surface area contributed by atoms with Crippen LogP contribution in [-0.2, 0) is 0 Å². The zero-order valence-electron chi connectivity index (χ0n) is 34.8. The second kappa shape index (κ2) is 14.1. The molecule has 1 nitrogen and oxygen atoms in total. The summed E-state index contributed by atoms with van der Waals surface area (Å²) >= 11 is 0. The van der Waals surface area contributed by atoms with E-state index in [9.17, 15) is 0 Å². The van der Waals surface area contributed by atoms with Crippen molar-refractivity contribution >= 4 is 77.7 Å². The summed E-state index contributed by atoms with van der Waals surface area (Å²) in [6.07, 6.45) is 38.5. The fraction of sp³-hybridized carbons (Fsp3) is 0.200. The van der Waals surface area contributed by atoms with E-state index >= 15 is 0 Å². The third-order valence-corrected chi connectivity index (χ3v) is 15.1. The van der Waals surface area contributed by atoms with Crippen LogP contribution in [0.4, 0.5) is 0 Å². The topological polar surface area (TPSA) is 4.41 Å². The fourth-order valence-corrected chi connectivity index (χ4v) is 12.1. The van der Waals surface area contributed by atoms with Crippen molar-refractivity contribution in [2.75, 3.05) is 0 Å². The van der Waals surface area contributed by atoms with Gasteiger partial charge in [0.2, 0.25) is 0 Å². The summed E-state index contributed by atoms with van der Waals surface area (Å²) in [7, 11) is 0. The Kier molecular flexibility index (Phi) is 8.15. The van der Waals surface area contributed by atoms with E-state index in [1.165, 1.54) is 130 Å². The van der Waals surface area contributed by atoms with Gasteiger partial charge in [-0.25, -0.2) is 0 Å². The number of para-hydroxylation sites is 2. The maximum atomic E-state index is 2.56. The van der Waals surface area contributed by atoms with Crippen molar-refractivity contribution in [3.8, 4) is 0 Å². The number of pyridine rings is 1. The highest BCUT2D eigenvalue weighted by molar-refractivity contribution is 6.16. The van der Waals surface area contributed by atoms with Crippen molar-refractivity contribution < 1.29 is 0 Å². The van der Waals surface area contributed by atoms with Crippen molar-refractivity contribution in [3.05, 3.63) is 201 Å². The van der Waals surface area contributed by atoms with E-state index in [4.69, 9.17) is 0 Å². The van der Waals surface area contributed by atoms with Gasteiger partial charge in [-0.3, -0.25) is 0 Å². The monoisotopic (exact) mass is 783 g/mol. The molecule has 61 heavy (non-hydrogen) atoms. The molecule has 0 saturated carbocycles. The number of allylic oxidation sites excluding steroid dienone is 16. The van der Waals surface area contributed by atoms with Crippen LogP contribution >= 0.6 is 0 Å². The number of aromatic nitrogens is 1. The summed E-state index contributed by atoms with van der Waals surface area (Å²) in [5, 5.41) is 11.0. The van der Waals surface area contributed by atoms with Crippen molar-refractivity contribution in [2.24, 2.45) is 11.8 Å². The lowest BCUT2D eigenvalue weighted by molar-refractivity contribution is 0.554. The second-order valence-corrected chi connectivity index (χ2v) is 18.4. The van der Waals surface area contributed by atoms with Gasteiger partial charge in [-0.15, -0.1) is 0 Å². The quantitative estimate of drug-likeness (QED) is 0.157. The summed E-state index contributed by atoms with van der Waals surface area (Å²) < 4.78 is 2.45. The summed E-state index contributed by atoms with van der Waals surface area (Å²) in [4.78, 5) is 0. The average molecular weight is 784 g/mol. The first kappa shape index (κ1) is 35.3. The third kappa shape index (κ3) is 5.66. The molecular formula is C60H49N. The van der Waals surface area contributed by atoms with Crippen LogP contribution in [0.25, 0.3) is 77.7 Å². The van der Waals surface area contributed by atoms with Gasteiger partial charge in [-0.2, -0.15) is 0 Å². The Morgan fingerprint density at radius 3 is 1.95 bits per heavy atom. The Morgan fingerprint density at radius 1 is 0.459 bits per heavy atom. The van der Waals surface area contributed by atoms with E-state index in [2.05, 4.69) is 168 Å². The average Bonchev–Trinajstić information content (AvgIpc) is 3.73. The van der Waals surface area contributed by atoms with Gasteiger partial charge in [-0.05, 0) is 183 Å². The highest BCUT2D eigenvalue weighted by Gasteiger charge is 2.28. The molecule has 2 aromatic heterocycles. The van der Waals surface area contributed by atoms with E-state index in [0.717, 1.165) is 44.4 Å². The number of nitrogens with zero attached hydrogens (tertiary/aromatic N) is 1. The van der Waals surface area contributed by atoms with Crippen LogP contribution in [0.2, 0.25) is 0 Å². The maximum Gasteiger partial charge on any atom is 0.0547 e. The first-order valence-corrected chi connectivity index (χ1v) is 22.9. The highest BCUT2D eigenvalue weighted by atomic mass is 14.9. The molecule has 2 heterocycles. The standard InChI is InChI=1S/C60H49N/c1-2-12-41-33-42(26-23-38(41)11-1)39-21-24-40(25-22-39)59-51-15-4-6-17-53(51)60(54-18-7-5-16-52(54)59)48-30-29-43-34-44(27-28-45(43)35-48)46-31-32-50-55(36-46)49-14-8-10-20-57(49)61-56-19-9-3-13-47(56)37-58(50)61/h1-4,6,8-10,12-21,24,29-34,36-38,45H,5,7,11,22-23,25-28,35H2. The molecule has 6 aliphatic rings. The van der Waals surface area contributed by atoms with Crippen molar-refractivity contribution in [1.29, 1.82) is 0 Å². The van der Waals surface area contributed by atoms with E-state index in [1.54, 1.807) is 11.1 Å². The minimum atomic E-state index is 0.536. The van der Waals surface area contributed by atoms with E-state index < -0.39 is 0 Å². The van der Waals surface area contributed by atoms with Crippen molar-refractivity contribution in [2.45, 2.75) is 64.2 Å².